The van der Waals surface area contributed by atoms with E-state index in [0.717, 1.165) is 0 Å². The lowest BCUT2D eigenvalue weighted by molar-refractivity contribution is 0.102. The van der Waals surface area contributed by atoms with E-state index in [2.05, 4.69) is 5.32 Å². The summed E-state index contributed by atoms with van der Waals surface area (Å²) in [4.78, 5) is 12.6. The SMILES string of the molecule is CCN(CC)S(=O)(=O)c1cccc(C(=O)Nc2ccccc2OC)c1. The van der Waals surface area contributed by atoms with Crippen LogP contribution in [0.25, 0.3) is 0 Å². The third kappa shape index (κ3) is 4.18. The van der Waals surface area contributed by atoms with E-state index >= 15 is 0 Å². The predicted octanol–water partition coefficient (Wildman–Crippen LogP) is 2.98. The highest BCUT2D eigenvalue weighted by atomic mass is 32.2. The summed E-state index contributed by atoms with van der Waals surface area (Å²) in [6.07, 6.45) is 0. The van der Waals surface area contributed by atoms with E-state index in [1.54, 1.807) is 50.2 Å². The van der Waals surface area contributed by atoms with Gasteiger partial charge in [-0.3, -0.25) is 4.79 Å². The molecule has 134 valence electrons. The van der Waals surface area contributed by atoms with Crippen molar-refractivity contribution in [1.29, 1.82) is 0 Å². The second-order valence-corrected chi connectivity index (χ2v) is 7.21. The fraction of sp³-hybridized carbons (Fsp3) is 0.278. The molecule has 25 heavy (non-hydrogen) atoms. The number of methoxy groups -OCH3 is 1. The van der Waals surface area contributed by atoms with Crippen molar-refractivity contribution in [2.24, 2.45) is 0 Å². The molecule has 0 heterocycles. The molecule has 1 amide bonds. The van der Waals surface area contributed by atoms with Crippen molar-refractivity contribution in [2.45, 2.75) is 18.7 Å². The fourth-order valence-electron chi connectivity index (χ4n) is 2.45. The maximum Gasteiger partial charge on any atom is 0.255 e. The summed E-state index contributed by atoms with van der Waals surface area (Å²) < 4.78 is 31.8. The first-order valence-corrected chi connectivity index (χ1v) is 9.42. The minimum atomic E-state index is -3.61. The van der Waals surface area contributed by atoms with Crippen LogP contribution in [0.1, 0.15) is 24.2 Å². The molecule has 0 saturated carbocycles. The molecule has 0 unspecified atom stereocenters. The Labute approximate surface area is 148 Å². The Hall–Kier alpha value is -2.38. The number of nitrogens with zero attached hydrogens (tertiary/aromatic N) is 1. The normalized spacial score (nSPS) is 11.4. The zero-order valence-corrected chi connectivity index (χ0v) is 15.3. The molecule has 2 aromatic carbocycles. The maximum absolute atomic E-state index is 12.6. The summed E-state index contributed by atoms with van der Waals surface area (Å²) in [6.45, 7) is 4.30. The van der Waals surface area contributed by atoms with Crippen LogP contribution in [0, 0.1) is 0 Å². The molecule has 7 heteroatoms. The van der Waals surface area contributed by atoms with Crippen LogP contribution >= 0.6 is 0 Å². The number of para-hydroxylation sites is 2. The zero-order valence-electron chi connectivity index (χ0n) is 14.5. The van der Waals surface area contributed by atoms with Crippen LogP contribution in [0.4, 0.5) is 5.69 Å². The van der Waals surface area contributed by atoms with Crippen molar-refractivity contribution in [2.75, 3.05) is 25.5 Å². The smallest absolute Gasteiger partial charge is 0.255 e. The van der Waals surface area contributed by atoms with Crippen LogP contribution in [0.15, 0.2) is 53.4 Å². The molecule has 0 bridgehead atoms. The van der Waals surface area contributed by atoms with E-state index in [-0.39, 0.29) is 10.5 Å². The Balaban J connectivity index is 2.31. The van der Waals surface area contributed by atoms with Crippen LogP contribution in [0.5, 0.6) is 5.75 Å². The molecule has 2 aromatic rings. The third-order valence-electron chi connectivity index (χ3n) is 3.79. The highest BCUT2D eigenvalue weighted by molar-refractivity contribution is 7.89. The van der Waals surface area contributed by atoms with E-state index in [0.29, 0.717) is 24.5 Å². The molecule has 0 atom stereocenters. The maximum atomic E-state index is 12.6. The van der Waals surface area contributed by atoms with Gasteiger partial charge < -0.3 is 10.1 Å². The molecule has 0 saturated heterocycles. The van der Waals surface area contributed by atoms with Crippen molar-refractivity contribution >= 4 is 21.6 Å². The molecule has 0 aliphatic heterocycles. The highest BCUT2D eigenvalue weighted by Crippen LogP contribution is 2.24. The largest absolute Gasteiger partial charge is 0.495 e. The second-order valence-electron chi connectivity index (χ2n) is 5.27. The van der Waals surface area contributed by atoms with Gasteiger partial charge >= 0.3 is 0 Å². The first-order chi connectivity index (χ1) is 11.9. The quantitative estimate of drug-likeness (QED) is 0.822. The summed E-state index contributed by atoms with van der Waals surface area (Å²) in [5.74, 6) is 0.129. The summed E-state index contributed by atoms with van der Waals surface area (Å²) in [6, 6.07) is 13.0. The number of anilines is 1. The minimum absolute atomic E-state index is 0.101. The van der Waals surface area contributed by atoms with Crippen molar-refractivity contribution in [3.8, 4) is 5.75 Å². The number of hydrogen-bond donors (Lipinski definition) is 1. The standard InChI is InChI=1S/C18H22N2O4S/c1-4-20(5-2)25(22,23)15-10-8-9-14(13-15)18(21)19-16-11-6-7-12-17(16)24-3/h6-13H,4-5H2,1-3H3,(H,19,21). The Bertz CT molecular complexity index is 846. The lowest BCUT2D eigenvalue weighted by Crippen LogP contribution is -2.30. The highest BCUT2D eigenvalue weighted by Gasteiger charge is 2.22. The molecular formula is C18H22N2O4S. The van der Waals surface area contributed by atoms with Crippen molar-refractivity contribution in [1.82, 2.24) is 4.31 Å². The van der Waals surface area contributed by atoms with Gasteiger partial charge in [0.1, 0.15) is 5.75 Å². The van der Waals surface area contributed by atoms with Crippen molar-refractivity contribution in [3.05, 3.63) is 54.1 Å². The average molecular weight is 362 g/mol. The van der Waals surface area contributed by atoms with Gasteiger partial charge in [-0.25, -0.2) is 8.42 Å². The van der Waals surface area contributed by atoms with Gasteiger partial charge in [0.25, 0.3) is 5.91 Å². The monoisotopic (exact) mass is 362 g/mol. The minimum Gasteiger partial charge on any atom is -0.495 e. The van der Waals surface area contributed by atoms with Gasteiger partial charge in [-0.15, -0.1) is 0 Å². The topological polar surface area (TPSA) is 75.7 Å². The van der Waals surface area contributed by atoms with Gasteiger partial charge in [0.2, 0.25) is 10.0 Å². The lowest BCUT2D eigenvalue weighted by atomic mass is 10.2. The van der Waals surface area contributed by atoms with Crippen molar-refractivity contribution in [3.63, 3.8) is 0 Å². The molecule has 0 aliphatic carbocycles. The number of ether oxygens (including phenoxy) is 1. The number of nitrogens with one attached hydrogen (secondary N) is 1. The molecule has 0 radical (unpaired) electrons. The Kier molecular flexibility index (Phi) is 6.17. The number of benzene rings is 2. The van der Waals surface area contributed by atoms with Gasteiger partial charge in [-0.1, -0.05) is 32.0 Å². The predicted molar refractivity (Wildman–Crippen MR) is 97.5 cm³/mol. The van der Waals surface area contributed by atoms with E-state index in [9.17, 15) is 13.2 Å². The van der Waals surface area contributed by atoms with E-state index in [4.69, 9.17) is 4.74 Å². The van der Waals surface area contributed by atoms with Gasteiger partial charge in [0, 0.05) is 18.7 Å². The number of amides is 1. The lowest BCUT2D eigenvalue weighted by Gasteiger charge is -2.18. The molecule has 6 nitrogen and oxygen atoms in total. The Morgan fingerprint density at radius 3 is 2.40 bits per heavy atom. The van der Waals surface area contributed by atoms with Gasteiger partial charge in [0.05, 0.1) is 17.7 Å². The number of sulfonamides is 1. The third-order valence-corrected chi connectivity index (χ3v) is 5.84. The first-order valence-electron chi connectivity index (χ1n) is 7.98. The van der Waals surface area contributed by atoms with Crippen LogP contribution in [-0.4, -0.2) is 38.8 Å². The number of hydrogen-bond acceptors (Lipinski definition) is 4. The second kappa shape index (κ2) is 8.13. The van der Waals surface area contributed by atoms with Crippen LogP contribution in [-0.2, 0) is 10.0 Å². The number of carbonyl (C=O) groups excluding carboxylic acids is 1. The average Bonchev–Trinajstić information content (AvgIpc) is 2.63. The Morgan fingerprint density at radius 1 is 1.08 bits per heavy atom. The summed E-state index contributed by atoms with van der Waals surface area (Å²) >= 11 is 0. The van der Waals surface area contributed by atoms with E-state index in [1.807, 2.05) is 0 Å². The molecule has 0 aromatic heterocycles. The van der Waals surface area contributed by atoms with E-state index < -0.39 is 15.9 Å². The molecule has 0 fully saturated rings. The van der Waals surface area contributed by atoms with Gasteiger partial charge in [0.15, 0.2) is 0 Å². The van der Waals surface area contributed by atoms with E-state index in [1.165, 1.54) is 23.5 Å². The fourth-order valence-corrected chi connectivity index (χ4v) is 3.96. The molecule has 0 aliphatic rings. The number of rotatable bonds is 7. The molecule has 2 rings (SSSR count). The molecule has 0 spiro atoms. The summed E-state index contributed by atoms with van der Waals surface area (Å²) in [5, 5.41) is 2.74. The summed E-state index contributed by atoms with van der Waals surface area (Å²) in [7, 11) is -2.10. The van der Waals surface area contributed by atoms with Crippen LogP contribution < -0.4 is 10.1 Å². The van der Waals surface area contributed by atoms with Crippen molar-refractivity contribution < 1.29 is 17.9 Å². The van der Waals surface area contributed by atoms with Gasteiger partial charge in [-0.05, 0) is 30.3 Å². The zero-order chi connectivity index (χ0) is 18.4. The van der Waals surface area contributed by atoms with Gasteiger partial charge in [-0.2, -0.15) is 4.31 Å². The number of carbonyl (C=O) groups is 1. The van der Waals surface area contributed by atoms with Crippen LogP contribution in [0.2, 0.25) is 0 Å². The van der Waals surface area contributed by atoms with Crippen LogP contribution in [0.3, 0.4) is 0 Å². The summed E-state index contributed by atoms with van der Waals surface area (Å²) in [5.41, 5.74) is 0.783. The Morgan fingerprint density at radius 2 is 1.76 bits per heavy atom. The first kappa shape index (κ1) is 19.0. The molecule has 1 N–H and O–H groups in total. The molecular weight excluding hydrogens is 340 g/mol.